The van der Waals surface area contributed by atoms with Crippen molar-refractivity contribution in [3.05, 3.63) is 24.3 Å². The van der Waals surface area contributed by atoms with E-state index in [1.54, 1.807) is 6.07 Å². The van der Waals surface area contributed by atoms with E-state index in [0.717, 1.165) is 25.7 Å². The van der Waals surface area contributed by atoms with Crippen LogP contribution in [0.3, 0.4) is 0 Å². The lowest BCUT2D eigenvalue weighted by molar-refractivity contribution is -0.147. The summed E-state index contributed by atoms with van der Waals surface area (Å²) >= 11 is 0. The molecular formula is C14H17NO4. The van der Waals surface area contributed by atoms with Crippen LogP contribution in [-0.4, -0.2) is 24.7 Å². The Labute approximate surface area is 111 Å². The van der Waals surface area contributed by atoms with Gasteiger partial charge in [0.2, 0.25) is 6.10 Å². The molecule has 1 aliphatic carbocycles. The number of rotatable bonds is 3. The molecule has 0 spiro atoms. The molecule has 0 aromatic heterocycles. The number of amides is 1. The number of carbonyl (C=O) groups excluding carboxylic acids is 1. The fourth-order valence-electron chi connectivity index (χ4n) is 2.36. The molecule has 2 aliphatic rings. The third-order valence-corrected chi connectivity index (χ3v) is 3.43. The quantitative estimate of drug-likeness (QED) is 0.845. The van der Waals surface area contributed by atoms with Crippen molar-refractivity contribution in [1.29, 1.82) is 0 Å². The van der Waals surface area contributed by atoms with E-state index in [4.69, 9.17) is 14.3 Å². The molecule has 5 nitrogen and oxygen atoms in total. The van der Waals surface area contributed by atoms with E-state index in [-0.39, 0.29) is 18.6 Å². The van der Waals surface area contributed by atoms with Crippen molar-refractivity contribution in [3.8, 4) is 11.5 Å². The Bertz CT molecular complexity index is 457. The van der Waals surface area contributed by atoms with E-state index in [1.807, 2.05) is 18.2 Å². The molecule has 1 aromatic carbocycles. The van der Waals surface area contributed by atoms with E-state index in [1.165, 1.54) is 0 Å². The maximum atomic E-state index is 11.9. The van der Waals surface area contributed by atoms with Gasteiger partial charge in [0.25, 0.3) is 5.91 Å². The Morgan fingerprint density at radius 3 is 2.74 bits per heavy atom. The predicted octanol–water partition coefficient (Wildman–Crippen LogP) is 1.82. The molecule has 1 aromatic rings. The molecule has 0 bridgehead atoms. The van der Waals surface area contributed by atoms with Crippen molar-refractivity contribution < 1.29 is 19.1 Å². The minimum Gasteiger partial charge on any atom is -0.485 e. The van der Waals surface area contributed by atoms with Crippen LogP contribution in [0.2, 0.25) is 0 Å². The summed E-state index contributed by atoms with van der Waals surface area (Å²) in [5.41, 5.74) is 2.48. The summed E-state index contributed by atoms with van der Waals surface area (Å²) < 4.78 is 11.1. The van der Waals surface area contributed by atoms with Gasteiger partial charge in [0, 0.05) is 0 Å². The summed E-state index contributed by atoms with van der Waals surface area (Å²) in [5.74, 6) is 0.972. The summed E-state index contributed by atoms with van der Waals surface area (Å²) in [7, 11) is 0. The molecule has 1 atom stereocenters. The van der Waals surface area contributed by atoms with Crippen molar-refractivity contribution in [2.45, 2.75) is 37.9 Å². The fourth-order valence-corrected chi connectivity index (χ4v) is 2.36. The van der Waals surface area contributed by atoms with Gasteiger partial charge in [-0.3, -0.25) is 9.63 Å². The Hall–Kier alpha value is -1.75. The highest BCUT2D eigenvalue weighted by atomic mass is 16.7. The topological polar surface area (TPSA) is 56.8 Å². The van der Waals surface area contributed by atoms with Gasteiger partial charge in [0.05, 0.1) is 6.10 Å². The highest BCUT2D eigenvalue weighted by Crippen LogP contribution is 2.30. The zero-order valence-corrected chi connectivity index (χ0v) is 10.6. The van der Waals surface area contributed by atoms with Gasteiger partial charge in [-0.2, -0.15) is 0 Å². The van der Waals surface area contributed by atoms with Crippen LogP contribution >= 0.6 is 0 Å². The zero-order valence-electron chi connectivity index (χ0n) is 10.6. The first-order chi connectivity index (χ1) is 9.33. The van der Waals surface area contributed by atoms with Gasteiger partial charge in [-0.1, -0.05) is 25.0 Å². The number of para-hydroxylation sites is 2. The molecule has 102 valence electrons. The van der Waals surface area contributed by atoms with Crippen LogP contribution in [0.5, 0.6) is 11.5 Å². The van der Waals surface area contributed by atoms with E-state index in [9.17, 15) is 4.79 Å². The number of hydroxylamine groups is 1. The molecule has 1 heterocycles. The third-order valence-electron chi connectivity index (χ3n) is 3.43. The number of nitrogens with one attached hydrogen (secondary N) is 1. The van der Waals surface area contributed by atoms with E-state index in [2.05, 4.69) is 5.48 Å². The number of hydrogen-bond donors (Lipinski definition) is 1. The number of fused-ring (bicyclic) bond motifs is 1. The average Bonchev–Trinajstić information content (AvgIpc) is 2.97. The minimum absolute atomic E-state index is 0.140. The summed E-state index contributed by atoms with van der Waals surface area (Å²) in [6.45, 7) is 0.205. The summed E-state index contributed by atoms with van der Waals surface area (Å²) in [6, 6.07) is 7.31. The van der Waals surface area contributed by atoms with Crippen LogP contribution in [0.15, 0.2) is 24.3 Å². The maximum absolute atomic E-state index is 11.9. The lowest BCUT2D eigenvalue weighted by Crippen LogP contribution is -2.44. The van der Waals surface area contributed by atoms with Crippen molar-refractivity contribution in [2.24, 2.45) is 0 Å². The molecule has 1 N–H and O–H groups in total. The van der Waals surface area contributed by atoms with Crippen molar-refractivity contribution in [1.82, 2.24) is 5.48 Å². The van der Waals surface area contributed by atoms with E-state index >= 15 is 0 Å². The molecule has 1 fully saturated rings. The second kappa shape index (κ2) is 5.48. The molecule has 19 heavy (non-hydrogen) atoms. The Kier molecular flexibility index (Phi) is 3.55. The first kappa shape index (κ1) is 12.3. The smallest absolute Gasteiger partial charge is 0.288 e. The van der Waals surface area contributed by atoms with Gasteiger partial charge in [-0.25, -0.2) is 5.48 Å². The predicted molar refractivity (Wildman–Crippen MR) is 67.8 cm³/mol. The zero-order chi connectivity index (χ0) is 13.1. The van der Waals surface area contributed by atoms with Gasteiger partial charge in [0.1, 0.15) is 6.61 Å². The molecule has 1 saturated carbocycles. The van der Waals surface area contributed by atoms with Crippen LogP contribution in [-0.2, 0) is 9.63 Å². The number of ether oxygens (including phenoxy) is 2. The Balaban J connectivity index is 1.54. The van der Waals surface area contributed by atoms with Crippen LogP contribution in [0, 0.1) is 0 Å². The van der Waals surface area contributed by atoms with E-state index in [0.29, 0.717) is 11.5 Å². The minimum atomic E-state index is -0.656. The van der Waals surface area contributed by atoms with Crippen molar-refractivity contribution in [3.63, 3.8) is 0 Å². The molecule has 1 aliphatic heterocycles. The Morgan fingerprint density at radius 1 is 1.21 bits per heavy atom. The Morgan fingerprint density at radius 2 is 1.95 bits per heavy atom. The summed E-state index contributed by atoms with van der Waals surface area (Å²) in [5, 5.41) is 0. The normalized spacial score (nSPS) is 22.2. The van der Waals surface area contributed by atoms with Gasteiger partial charge >= 0.3 is 0 Å². The first-order valence-electron chi connectivity index (χ1n) is 6.67. The lowest BCUT2D eigenvalue weighted by atomic mass is 10.2. The molecular weight excluding hydrogens is 246 g/mol. The lowest BCUT2D eigenvalue weighted by Gasteiger charge is -2.25. The summed E-state index contributed by atoms with van der Waals surface area (Å²) in [6.07, 6.45) is 3.82. The highest BCUT2D eigenvalue weighted by Gasteiger charge is 2.28. The monoisotopic (exact) mass is 263 g/mol. The van der Waals surface area contributed by atoms with Crippen molar-refractivity contribution >= 4 is 5.91 Å². The molecule has 3 rings (SSSR count). The highest BCUT2D eigenvalue weighted by molar-refractivity contribution is 5.80. The second-order valence-electron chi connectivity index (χ2n) is 4.85. The maximum Gasteiger partial charge on any atom is 0.288 e. The van der Waals surface area contributed by atoms with Crippen LogP contribution < -0.4 is 15.0 Å². The van der Waals surface area contributed by atoms with Gasteiger partial charge in [-0.05, 0) is 25.0 Å². The first-order valence-corrected chi connectivity index (χ1v) is 6.67. The second-order valence-corrected chi connectivity index (χ2v) is 4.85. The largest absolute Gasteiger partial charge is 0.485 e. The molecule has 1 unspecified atom stereocenters. The van der Waals surface area contributed by atoms with Gasteiger partial charge in [0.15, 0.2) is 11.5 Å². The number of benzene rings is 1. The van der Waals surface area contributed by atoms with E-state index < -0.39 is 6.10 Å². The molecule has 5 heteroatoms. The fraction of sp³-hybridized carbons (Fsp3) is 0.500. The van der Waals surface area contributed by atoms with Crippen LogP contribution in [0.4, 0.5) is 0 Å². The average molecular weight is 263 g/mol. The molecule has 1 amide bonds. The standard InChI is InChI=1S/C14H17NO4/c16-14(15-19-10-5-1-2-6-10)13-9-17-11-7-3-4-8-12(11)18-13/h3-4,7-8,10,13H,1-2,5-6,9H2,(H,15,16). The van der Waals surface area contributed by atoms with Gasteiger partial charge in [-0.15, -0.1) is 0 Å². The van der Waals surface area contributed by atoms with Crippen LogP contribution in [0.1, 0.15) is 25.7 Å². The number of carbonyl (C=O) groups is 1. The molecule has 0 saturated heterocycles. The third kappa shape index (κ3) is 2.81. The molecule has 0 radical (unpaired) electrons. The SMILES string of the molecule is O=C(NOC1CCCC1)C1COc2ccccc2O1. The van der Waals surface area contributed by atoms with Crippen molar-refractivity contribution in [2.75, 3.05) is 6.61 Å². The van der Waals surface area contributed by atoms with Gasteiger partial charge < -0.3 is 9.47 Å². The summed E-state index contributed by atoms with van der Waals surface area (Å²) in [4.78, 5) is 17.3. The number of hydrogen-bond acceptors (Lipinski definition) is 4. The van der Waals surface area contributed by atoms with Crippen LogP contribution in [0.25, 0.3) is 0 Å².